The average molecular weight is 233 g/mol. The van der Waals surface area contributed by atoms with Gasteiger partial charge in [-0.25, -0.2) is 0 Å². The number of nitrogens with zero attached hydrogens (tertiary/aromatic N) is 1. The molecular weight excluding hydrogens is 218 g/mol. The van der Waals surface area contributed by atoms with Crippen molar-refractivity contribution >= 4 is 11.3 Å². The van der Waals surface area contributed by atoms with Crippen LogP contribution in [0.3, 0.4) is 0 Å². The Balaban J connectivity index is 1.95. The van der Waals surface area contributed by atoms with Crippen molar-refractivity contribution in [3.05, 3.63) is 77.9 Å². The molecule has 1 heteroatoms. The van der Waals surface area contributed by atoms with E-state index in [-0.39, 0.29) is 0 Å². The van der Waals surface area contributed by atoms with E-state index >= 15 is 0 Å². The molecule has 0 aliphatic carbocycles. The third kappa shape index (κ3) is 2.25. The van der Waals surface area contributed by atoms with Gasteiger partial charge in [0.2, 0.25) is 0 Å². The predicted molar refractivity (Wildman–Crippen MR) is 76.9 cm³/mol. The van der Waals surface area contributed by atoms with Crippen LogP contribution < -0.4 is 0 Å². The van der Waals surface area contributed by atoms with Crippen LogP contribution in [0.15, 0.2) is 71.7 Å². The van der Waals surface area contributed by atoms with E-state index in [4.69, 9.17) is 0 Å². The van der Waals surface area contributed by atoms with Gasteiger partial charge in [-0.3, -0.25) is 4.99 Å². The quantitative estimate of drug-likeness (QED) is 0.744. The van der Waals surface area contributed by atoms with Crippen LogP contribution in [0.2, 0.25) is 0 Å². The van der Waals surface area contributed by atoms with Crippen LogP contribution in [0.1, 0.15) is 17.5 Å². The molecule has 0 N–H and O–H groups in total. The number of aliphatic imine (C=N–C) groups is 1. The molecule has 2 aromatic carbocycles. The summed E-state index contributed by atoms with van der Waals surface area (Å²) in [5.41, 5.74) is 4.98. The van der Waals surface area contributed by atoms with Crippen molar-refractivity contribution in [3.63, 3.8) is 0 Å². The van der Waals surface area contributed by atoms with E-state index in [2.05, 4.69) is 65.7 Å². The van der Waals surface area contributed by atoms with E-state index < -0.39 is 0 Å². The zero-order valence-corrected chi connectivity index (χ0v) is 10.2. The van der Waals surface area contributed by atoms with Crippen LogP contribution in [-0.2, 0) is 0 Å². The number of benzene rings is 2. The van der Waals surface area contributed by atoms with Crippen molar-refractivity contribution in [2.75, 3.05) is 6.54 Å². The fraction of sp³-hybridized carbons (Fsp3) is 0.118. The first-order valence-electron chi connectivity index (χ1n) is 6.29. The highest BCUT2D eigenvalue weighted by Crippen LogP contribution is 2.22. The van der Waals surface area contributed by atoms with Crippen molar-refractivity contribution in [1.82, 2.24) is 0 Å². The Morgan fingerprint density at radius 1 is 0.722 bits per heavy atom. The van der Waals surface area contributed by atoms with E-state index in [9.17, 15) is 0 Å². The minimum atomic E-state index is 0.880. The number of allylic oxidation sites excluding steroid dienone is 1. The Hall–Kier alpha value is -2.15. The third-order valence-corrected chi connectivity index (χ3v) is 3.19. The smallest absolute Gasteiger partial charge is 0.0649 e. The van der Waals surface area contributed by atoms with Gasteiger partial charge in [0.05, 0.1) is 5.71 Å². The zero-order chi connectivity index (χ0) is 12.2. The fourth-order valence-electron chi connectivity index (χ4n) is 2.24. The van der Waals surface area contributed by atoms with E-state index in [1.807, 2.05) is 6.07 Å². The largest absolute Gasteiger partial charge is 0.284 e. The molecule has 0 saturated carbocycles. The number of dihydropyridines is 1. The number of hydrogen-bond donors (Lipinski definition) is 0. The molecule has 0 spiro atoms. The molecule has 0 radical (unpaired) electrons. The molecule has 0 aromatic heterocycles. The normalized spacial score (nSPS) is 14.9. The minimum absolute atomic E-state index is 0.880. The molecule has 0 fully saturated rings. The summed E-state index contributed by atoms with van der Waals surface area (Å²) in [5.74, 6) is 0. The molecule has 1 aliphatic heterocycles. The fourth-order valence-corrected chi connectivity index (χ4v) is 2.24. The summed E-state index contributed by atoms with van der Waals surface area (Å²) >= 11 is 0. The van der Waals surface area contributed by atoms with Crippen LogP contribution in [0.25, 0.3) is 5.57 Å². The SMILES string of the molecule is C1=C(c2ccccc2)CCN=C1c1ccccc1. The maximum Gasteiger partial charge on any atom is 0.0649 e. The minimum Gasteiger partial charge on any atom is -0.284 e. The molecular formula is C17H15N. The molecule has 88 valence electrons. The van der Waals surface area contributed by atoms with Crippen molar-refractivity contribution in [3.8, 4) is 0 Å². The Kier molecular flexibility index (Phi) is 3.05. The van der Waals surface area contributed by atoms with Crippen LogP contribution >= 0.6 is 0 Å². The maximum absolute atomic E-state index is 4.62. The van der Waals surface area contributed by atoms with Crippen molar-refractivity contribution in [2.45, 2.75) is 6.42 Å². The summed E-state index contributed by atoms with van der Waals surface area (Å²) in [6.45, 7) is 0.880. The second kappa shape index (κ2) is 5.01. The summed E-state index contributed by atoms with van der Waals surface area (Å²) in [5, 5.41) is 0. The van der Waals surface area contributed by atoms with Gasteiger partial charge < -0.3 is 0 Å². The Morgan fingerprint density at radius 3 is 2.00 bits per heavy atom. The summed E-state index contributed by atoms with van der Waals surface area (Å²) in [6, 6.07) is 20.9. The standard InChI is InChI=1S/C17H15N/c1-3-7-14(8-4-1)16-11-12-18-17(13-16)15-9-5-2-6-10-15/h1-10,13H,11-12H2. The van der Waals surface area contributed by atoms with Crippen LogP contribution in [0, 0.1) is 0 Å². The molecule has 0 unspecified atom stereocenters. The lowest BCUT2D eigenvalue weighted by Gasteiger charge is -2.13. The second-order valence-electron chi connectivity index (χ2n) is 4.42. The lowest BCUT2D eigenvalue weighted by molar-refractivity contribution is 1.01. The molecule has 1 nitrogen and oxygen atoms in total. The topological polar surface area (TPSA) is 12.4 Å². The van der Waals surface area contributed by atoms with Crippen molar-refractivity contribution in [2.24, 2.45) is 4.99 Å². The first-order chi connectivity index (χ1) is 8.93. The monoisotopic (exact) mass is 233 g/mol. The Labute approximate surface area is 108 Å². The lowest BCUT2D eigenvalue weighted by Crippen LogP contribution is -2.05. The summed E-state index contributed by atoms with van der Waals surface area (Å²) < 4.78 is 0. The first-order valence-corrected chi connectivity index (χ1v) is 6.29. The maximum atomic E-state index is 4.62. The summed E-state index contributed by atoms with van der Waals surface area (Å²) in [4.78, 5) is 4.62. The molecule has 0 saturated heterocycles. The molecule has 0 bridgehead atoms. The molecule has 0 atom stereocenters. The Morgan fingerprint density at radius 2 is 1.33 bits per heavy atom. The molecule has 3 rings (SSSR count). The molecule has 18 heavy (non-hydrogen) atoms. The molecule has 1 aliphatic rings. The van der Waals surface area contributed by atoms with Gasteiger partial charge in [0.25, 0.3) is 0 Å². The van der Waals surface area contributed by atoms with Gasteiger partial charge in [-0.1, -0.05) is 60.7 Å². The van der Waals surface area contributed by atoms with Gasteiger partial charge in [-0.2, -0.15) is 0 Å². The highest BCUT2D eigenvalue weighted by molar-refractivity contribution is 6.13. The van der Waals surface area contributed by atoms with Crippen molar-refractivity contribution < 1.29 is 0 Å². The Bertz CT molecular complexity index is 580. The number of rotatable bonds is 2. The number of hydrogen-bond acceptors (Lipinski definition) is 1. The molecule has 1 heterocycles. The predicted octanol–water partition coefficient (Wildman–Crippen LogP) is 3.96. The van der Waals surface area contributed by atoms with E-state index in [0.29, 0.717) is 0 Å². The van der Waals surface area contributed by atoms with Gasteiger partial charge in [-0.05, 0) is 29.2 Å². The highest BCUT2D eigenvalue weighted by Gasteiger charge is 2.09. The van der Waals surface area contributed by atoms with Gasteiger partial charge in [0.1, 0.15) is 0 Å². The first kappa shape index (κ1) is 11.0. The van der Waals surface area contributed by atoms with Crippen LogP contribution in [0.4, 0.5) is 0 Å². The second-order valence-corrected chi connectivity index (χ2v) is 4.42. The lowest BCUT2D eigenvalue weighted by atomic mass is 9.97. The van der Waals surface area contributed by atoms with E-state index in [0.717, 1.165) is 18.7 Å². The molecule has 0 amide bonds. The summed E-state index contributed by atoms with van der Waals surface area (Å²) in [7, 11) is 0. The average Bonchev–Trinajstić information content (AvgIpc) is 2.49. The molecule has 2 aromatic rings. The van der Waals surface area contributed by atoms with E-state index in [1.54, 1.807) is 0 Å². The highest BCUT2D eigenvalue weighted by atomic mass is 14.7. The van der Waals surface area contributed by atoms with E-state index in [1.165, 1.54) is 16.7 Å². The van der Waals surface area contributed by atoms with Crippen molar-refractivity contribution in [1.29, 1.82) is 0 Å². The van der Waals surface area contributed by atoms with Crippen LogP contribution in [-0.4, -0.2) is 12.3 Å². The van der Waals surface area contributed by atoms with Gasteiger partial charge in [-0.15, -0.1) is 0 Å². The van der Waals surface area contributed by atoms with Gasteiger partial charge in [0.15, 0.2) is 0 Å². The third-order valence-electron chi connectivity index (χ3n) is 3.19. The van der Waals surface area contributed by atoms with Gasteiger partial charge in [0, 0.05) is 6.54 Å². The van der Waals surface area contributed by atoms with Crippen LogP contribution in [0.5, 0.6) is 0 Å². The summed E-state index contributed by atoms with van der Waals surface area (Å²) in [6.07, 6.45) is 3.24. The zero-order valence-electron chi connectivity index (χ0n) is 10.2. The van der Waals surface area contributed by atoms with Gasteiger partial charge >= 0.3 is 0 Å².